The van der Waals surface area contributed by atoms with Gasteiger partial charge >= 0.3 is 6.03 Å². The van der Waals surface area contributed by atoms with Crippen molar-refractivity contribution in [3.63, 3.8) is 0 Å². The fourth-order valence-corrected chi connectivity index (χ4v) is 6.95. The smallest absolute Gasteiger partial charge is 0.337 e. The van der Waals surface area contributed by atoms with Gasteiger partial charge in [0.15, 0.2) is 5.78 Å². The van der Waals surface area contributed by atoms with E-state index in [4.69, 9.17) is 11.5 Å². The number of para-hydroxylation sites is 1. The van der Waals surface area contributed by atoms with Crippen LogP contribution < -0.4 is 38.2 Å². The molecule has 0 bridgehead atoms. The number of nitrogens with two attached hydrogens (primary N) is 2. The average Bonchev–Trinajstić information content (AvgIpc) is 3.69. The van der Waals surface area contributed by atoms with E-state index in [1.807, 2.05) is 60.7 Å². The Bertz CT molecular complexity index is 2300. The second-order valence-corrected chi connectivity index (χ2v) is 15.5. The van der Waals surface area contributed by atoms with Gasteiger partial charge in [-0.15, -0.1) is 0 Å². The number of carbonyl (C=O) groups excluding carboxylic acids is 6. The third kappa shape index (κ3) is 14.3. The van der Waals surface area contributed by atoms with Crippen LogP contribution in [-0.4, -0.2) is 87.3 Å². The highest BCUT2D eigenvalue weighted by Gasteiger charge is 2.31. The zero-order valence-corrected chi connectivity index (χ0v) is 35.5. The van der Waals surface area contributed by atoms with E-state index in [0.717, 1.165) is 32.6 Å². The van der Waals surface area contributed by atoms with Gasteiger partial charge in [-0.25, -0.2) is 9.80 Å². The van der Waals surface area contributed by atoms with Crippen molar-refractivity contribution >= 4 is 46.3 Å². The lowest BCUT2D eigenvalue weighted by atomic mass is 10.0. The van der Waals surface area contributed by atoms with E-state index in [1.54, 1.807) is 42.6 Å². The Morgan fingerprint density at radius 1 is 0.651 bits per heavy atom. The number of hydrazine groups is 1. The maximum atomic E-state index is 14.2. The zero-order valence-electron chi connectivity index (χ0n) is 35.5. The van der Waals surface area contributed by atoms with E-state index in [1.165, 1.54) is 26.0 Å². The first-order valence-electron chi connectivity index (χ1n) is 21.0. The number of hydrogen-bond donors (Lipinski definition) is 9. The fourth-order valence-electron chi connectivity index (χ4n) is 6.95. The van der Waals surface area contributed by atoms with E-state index in [-0.39, 0.29) is 37.3 Å². The minimum atomic E-state index is -1.25. The van der Waals surface area contributed by atoms with Crippen LogP contribution in [0.1, 0.15) is 55.4 Å². The third-order valence-corrected chi connectivity index (χ3v) is 10.5. The van der Waals surface area contributed by atoms with Crippen LogP contribution in [0.2, 0.25) is 0 Å². The van der Waals surface area contributed by atoms with Crippen LogP contribution in [0, 0.1) is 0 Å². The first kappa shape index (κ1) is 47.0. The number of unbranched alkanes of at least 4 members (excludes halogenated alkanes) is 1. The van der Waals surface area contributed by atoms with Crippen molar-refractivity contribution in [3.05, 3.63) is 138 Å². The molecule has 332 valence electrons. The summed E-state index contributed by atoms with van der Waals surface area (Å²) in [6.45, 7) is 3.02. The number of aromatic amines is 1. The van der Waals surface area contributed by atoms with Gasteiger partial charge in [0.25, 0.3) is 5.91 Å². The summed E-state index contributed by atoms with van der Waals surface area (Å²) in [5.74, 6) is -2.91. The summed E-state index contributed by atoms with van der Waals surface area (Å²) in [5.41, 5.74) is 18.2. The molecule has 11 N–H and O–H groups in total. The number of amides is 6. The number of hydrogen-bond acceptors (Lipinski definition) is 9. The van der Waals surface area contributed by atoms with Gasteiger partial charge in [0.05, 0.1) is 18.6 Å². The molecule has 0 aliphatic heterocycles. The number of fused-ring (bicyclic) bond motifs is 1. The fraction of sp³-hybridized carbons (Fsp3) is 0.319. The molecule has 0 fully saturated rings. The van der Waals surface area contributed by atoms with Gasteiger partial charge in [0, 0.05) is 29.9 Å². The maximum absolute atomic E-state index is 14.2. The second kappa shape index (κ2) is 23.3. The Kier molecular flexibility index (Phi) is 17.4. The largest absolute Gasteiger partial charge is 0.508 e. The predicted molar refractivity (Wildman–Crippen MR) is 239 cm³/mol. The standard InChI is InChI=1S/C47H57N9O7/c1-30(51-45(61)42(27-35-28-50-40-19-10-9-17-37(35)40)53-44(60)38(49)25-32-13-5-3-6-14-32)43(59)55-56(29-34-20-22-36(58)23-21-34)47(63)54-41(26-33-15-7-4-8-16-33)46(62)52-39(31(2)57)18-11-12-24-48/h3-10,13-17,19-23,28,30,38-39,41-42,50,58H,11-12,18,24-27,29,48-49H2,1-2H3,(H,51,61)(H,52,62)(H,53,60)(H,54,63)(H,55,59)/t30-,38-,39-,41+,42+/m0/s1. The topological polar surface area (TPSA) is 254 Å². The van der Waals surface area contributed by atoms with Crippen molar-refractivity contribution in [2.24, 2.45) is 11.5 Å². The van der Waals surface area contributed by atoms with Crippen LogP contribution in [0.25, 0.3) is 10.9 Å². The van der Waals surface area contributed by atoms with Gasteiger partial charge in [-0.05, 0) is 86.5 Å². The molecular weight excluding hydrogens is 803 g/mol. The van der Waals surface area contributed by atoms with Gasteiger partial charge in [0.2, 0.25) is 17.7 Å². The molecule has 0 aliphatic carbocycles. The molecule has 5 atom stereocenters. The van der Waals surface area contributed by atoms with Crippen LogP contribution in [0.4, 0.5) is 4.79 Å². The molecule has 0 saturated heterocycles. The van der Waals surface area contributed by atoms with Crippen molar-refractivity contribution < 1.29 is 33.9 Å². The van der Waals surface area contributed by atoms with Gasteiger partial charge in [-0.1, -0.05) is 91.0 Å². The number of benzene rings is 4. The van der Waals surface area contributed by atoms with Crippen molar-refractivity contribution in [3.8, 4) is 5.75 Å². The van der Waals surface area contributed by atoms with E-state index < -0.39 is 59.9 Å². The summed E-state index contributed by atoms with van der Waals surface area (Å²) in [5, 5.41) is 22.7. The van der Waals surface area contributed by atoms with E-state index in [9.17, 15) is 33.9 Å². The quantitative estimate of drug-likeness (QED) is 0.0388. The Balaban J connectivity index is 1.34. The highest BCUT2D eigenvalue weighted by Crippen LogP contribution is 2.20. The van der Waals surface area contributed by atoms with Crippen molar-refractivity contribution in [2.75, 3.05) is 6.54 Å². The number of phenolic OH excluding ortho intramolecular Hbond substituents is 1. The molecule has 6 amide bonds. The number of aromatic nitrogens is 1. The van der Waals surface area contributed by atoms with Crippen molar-refractivity contribution in [2.45, 2.75) is 89.1 Å². The number of urea groups is 1. The third-order valence-electron chi connectivity index (χ3n) is 10.5. The maximum Gasteiger partial charge on any atom is 0.337 e. The summed E-state index contributed by atoms with van der Waals surface area (Å²) in [4.78, 5) is 85.2. The summed E-state index contributed by atoms with van der Waals surface area (Å²) < 4.78 is 0. The Morgan fingerprint density at radius 2 is 1.24 bits per heavy atom. The normalized spacial score (nSPS) is 13.4. The van der Waals surface area contributed by atoms with Gasteiger partial charge < -0.3 is 42.8 Å². The van der Waals surface area contributed by atoms with Gasteiger partial charge in [0.1, 0.15) is 23.9 Å². The lowest BCUT2D eigenvalue weighted by Crippen LogP contribution is -2.60. The monoisotopic (exact) mass is 859 g/mol. The molecule has 5 rings (SSSR count). The number of carbonyl (C=O) groups is 6. The number of phenols is 1. The first-order valence-corrected chi connectivity index (χ1v) is 21.0. The summed E-state index contributed by atoms with van der Waals surface area (Å²) in [6.07, 6.45) is 3.73. The zero-order chi connectivity index (χ0) is 45.3. The van der Waals surface area contributed by atoms with Crippen LogP contribution in [0.15, 0.2) is 115 Å². The Hall–Kier alpha value is -7.04. The summed E-state index contributed by atoms with van der Waals surface area (Å²) >= 11 is 0. The molecule has 0 unspecified atom stereocenters. The van der Waals surface area contributed by atoms with Crippen LogP contribution in [0.5, 0.6) is 5.75 Å². The van der Waals surface area contributed by atoms with Crippen LogP contribution in [-0.2, 0) is 49.8 Å². The number of H-pyrrole nitrogens is 1. The summed E-state index contributed by atoms with van der Waals surface area (Å²) in [6, 6.07) is 25.4. The molecule has 63 heavy (non-hydrogen) atoms. The molecular formula is C47H57N9O7. The van der Waals surface area contributed by atoms with Gasteiger partial charge in [-0.3, -0.25) is 29.4 Å². The number of aromatic hydroxyl groups is 1. The lowest BCUT2D eigenvalue weighted by molar-refractivity contribution is -0.133. The van der Waals surface area contributed by atoms with Crippen molar-refractivity contribution in [1.82, 2.24) is 36.7 Å². The molecule has 1 aromatic heterocycles. The predicted octanol–water partition coefficient (Wildman–Crippen LogP) is 3.03. The van der Waals surface area contributed by atoms with Gasteiger partial charge in [-0.2, -0.15) is 0 Å². The molecule has 0 spiro atoms. The number of nitrogens with one attached hydrogen (secondary N) is 6. The molecule has 1 heterocycles. The molecule has 0 radical (unpaired) electrons. The molecule has 0 saturated carbocycles. The second-order valence-electron chi connectivity index (χ2n) is 15.5. The number of ketones is 1. The van der Waals surface area contributed by atoms with Crippen LogP contribution >= 0.6 is 0 Å². The van der Waals surface area contributed by atoms with E-state index >= 15 is 0 Å². The lowest BCUT2D eigenvalue weighted by Gasteiger charge is -2.29. The molecule has 5 aromatic rings. The highest BCUT2D eigenvalue weighted by molar-refractivity contribution is 5.95. The molecule has 0 aliphatic rings. The Morgan fingerprint density at radius 3 is 1.89 bits per heavy atom. The number of Topliss-reactive ketones (excluding diaryl/α,β-unsaturated/α-hetero) is 1. The van der Waals surface area contributed by atoms with Crippen LogP contribution in [0.3, 0.4) is 0 Å². The summed E-state index contributed by atoms with van der Waals surface area (Å²) in [7, 11) is 0. The minimum Gasteiger partial charge on any atom is -0.508 e. The molecule has 4 aromatic carbocycles. The van der Waals surface area contributed by atoms with E-state index in [2.05, 4.69) is 31.7 Å². The first-order chi connectivity index (χ1) is 30.3. The minimum absolute atomic E-state index is 0.0171. The Labute approximate surface area is 366 Å². The number of nitrogens with zero attached hydrogens (tertiary/aromatic N) is 1. The van der Waals surface area contributed by atoms with E-state index in [0.29, 0.717) is 31.4 Å². The molecule has 16 heteroatoms. The molecule has 16 nitrogen and oxygen atoms in total. The van der Waals surface area contributed by atoms with Crippen molar-refractivity contribution in [1.29, 1.82) is 0 Å². The SMILES string of the molecule is CC(=O)[C@H](CCCCN)NC(=O)[C@@H](Cc1ccccc1)NC(=O)N(Cc1ccc(O)cc1)NC(=O)[C@H](C)NC(=O)[C@@H](Cc1c[nH]c2ccccc12)NC(=O)[C@@H](N)Cc1ccccc1. The number of rotatable bonds is 21. The average molecular weight is 860 g/mol. The highest BCUT2D eigenvalue weighted by atomic mass is 16.3.